The van der Waals surface area contributed by atoms with Crippen LogP contribution in [0.3, 0.4) is 0 Å². The van der Waals surface area contributed by atoms with Gasteiger partial charge in [0.25, 0.3) is 0 Å². The Bertz CT molecular complexity index is 247. The summed E-state index contributed by atoms with van der Waals surface area (Å²) in [5, 5.41) is 29.6. The first-order valence-corrected chi connectivity index (χ1v) is 7.30. The van der Waals surface area contributed by atoms with Crippen molar-refractivity contribution in [2.75, 3.05) is 0 Å². The summed E-state index contributed by atoms with van der Waals surface area (Å²) < 4.78 is 0. The van der Waals surface area contributed by atoms with E-state index in [2.05, 4.69) is 13.8 Å². The van der Waals surface area contributed by atoms with Gasteiger partial charge in [0, 0.05) is 0 Å². The van der Waals surface area contributed by atoms with Crippen LogP contribution in [0.5, 0.6) is 0 Å². The quantitative estimate of drug-likeness (QED) is 0.709. The van der Waals surface area contributed by atoms with Gasteiger partial charge in [0.05, 0.1) is 17.8 Å². The second kappa shape index (κ2) is 6.36. The maximum atomic E-state index is 10.1. The molecule has 5 atom stereocenters. The van der Waals surface area contributed by atoms with E-state index in [1.165, 1.54) is 6.42 Å². The molecule has 1 rings (SSSR count). The van der Waals surface area contributed by atoms with Gasteiger partial charge in [-0.25, -0.2) is 0 Å². The van der Waals surface area contributed by atoms with Crippen molar-refractivity contribution in [3.63, 3.8) is 0 Å². The van der Waals surface area contributed by atoms with Crippen molar-refractivity contribution in [1.29, 1.82) is 0 Å². The zero-order valence-corrected chi connectivity index (χ0v) is 12.3. The van der Waals surface area contributed by atoms with Crippen LogP contribution in [0.2, 0.25) is 0 Å². The molecule has 108 valence electrons. The lowest BCUT2D eigenvalue weighted by Crippen LogP contribution is -2.37. The molecule has 1 saturated carbocycles. The largest absolute Gasteiger partial charge is 0.393 e. The smallest absolute Gasteiger partial charge is 0.0849 e. The number of aliphatic hydroxyl groups excluding tert-OH is 2. The van der Waals surface area contributed by atoms with Crippen molar-refractivity contribution in [2.24, 2.45) is 17.8 Å². The van der Waals surface area contributed by atoms with Crippen molar-refractivity contribution in [3.05, 3.63) is 0 Å². The maximum absolute atomic E-state index is 10.1. The Morgan fingerprint density at radius 2 is 1.83 bits per heavy atom. The average molecular weight is 258 g/mol. The predicted octanol–water partition coefficient (Wildman–Crippen LogP) is 2.33. The predicted molar refractivity (Wildman–Crippen MR) is 73.2 cm³/mol. The number of aliphatic hydroxyl groups is 3. The van der Waals surface area contributed by atoms with E-state index in [1.54, 1.807) is 13.8 Å². The van der Waals surface area contributed by atoms with Gasteiger partial charge < -0.3 is 15.3 Å². The van der Waals surface area contributed by atoms with Crippen LogP contribution in [0.15, 0.2) is 0 Å². The van der Waals surface area contributed by atoms with Gasteiger partial charge in [-0.15, -0.1) is 0 Å². The molecule has 18 heavy (non-hydrogen) atoms. The first-order valence-electron chi connectivity index (χ1n) is 7.30. The summed E-state index contributed by atoms with van der Waals surface area (Å²) in [5.74, 6) is 1.39. The minimum Gasteiger partial charge on any atom is -0.393 e. The summed E-state index contributed by atoms with van der Waals surface area (Å²) in [6.45, 7) is 7.63. The van der Waals surface area contributed by atoms with E-state index in [1.807, 2.05) is 0 Å². The van der Waals surface area contributed by atoms with E-state index in [-0.39, 0.29) is 6.10 Å². The molecule has 0 heterocycles. The first kappa shape index (κ1) is 15.9. The van der Waals surface area contributed by atoms with Crippen LogP contribution < -0.4 is 0 Å². The highest BCUT2D eigenvalue weighted by atomic mass is 16.3. The molecule has 0 spiro atoms. The van der Waals surface area contributed by atoms with E-state index in [9.17, 15) is 15.3 Å². The van der Waals surface area contributed by atoms with E-state index >= 15 is 0 Å². The van der Waals surface area contributed by atoms with Crippen LogP contribution >= 0.6 is 0 Å². The minimum absolute atomic E-state index is 0.192. The maximum Gasteiger partial charge on any atom is 0.0849 e. The molecule has 0 bridgehead atoms. The Balaban J connectivity index is 2.39. The lowest BCUT2D eigenvalue weighted by molar-refractivity contribution is -0.0568. The SMILES string of the molecule is CC1CCC(C(C)CCC(O)C(C)(C)O)C(O)C1. The molecule has 1 aliphatic carbocycles. The van der Waals surface area contributed by atoms with Gasteiger partial charge >= 0.3 is 0 Å². The molecule has 0 aromatic carbocycles. The lowest BCUT2D eigenvalue weighted by atomic mass is 9.73. The zero-order valence-electron chi connectivity index (χ0n) is 12.3. The molecule has 1 aliphatic rings. The first-order chi connectivity index (χ1) is 8.21. The molecule has 0 amide bonds. The second-order valence-electron chi connectivity index (χ2n) is 6.87. The summed E-state index contributed by atoms with van der Waals surface area (Å²) in [7, 11) is 0. The fourth-order valence-corrected chi connectivity index (χ4v) is 3.03. The van der Waals surface area contributed by atoms with Crippen LogP contribution in [-0.2, 0) is 0 Å². The van der Waals surface area contributed by atoms with Crippen LogP contribution in [0.1, 0.15) is 59.8 Å². The van der Waals surface area contributed by atoms with Crippen molar-refractivity contribution in [3.8, 4) is 0 Å². The molecular weight excluding hydrogens is 228 g/mol. The monoisotopic (exact) mass is 258 g/mol. The van der Waals surface area contributed by atoms with Crippen LogP contribution in [0, 0.1) is 17.8 Å². The highest BCUT2D eigenvalue weighted by Crippen LogP contribution is 2.35. The van der Waals surface area contributed by atoms with Gasteiger partial charge in [0.15, 0.2) is 0 Å². The van der Waals surface area contributed by atoms with Gasteiger partial charge in [-0.2, -0.15) is 0 Å². The molecule has 0 aliphatic heterocycles. The van der Waals surface area contributed by atoms with E-state index in [0.29, 0.717) is 24.2 Å². The third kappa shape index (κ3) is 4.52. The van der Waals surface area contributed by atoms with Gasteiger partial charge in [-0.05, 0) is 57.3 Å². The molecule has 0 aromatic rings. The zero-order chi connectivity index (χ0) is 13.9. The summed E-state index contributed by atoms with van der Waals surface area (Å²) in [6.07, 6.45) is 3.78. The average Bonchev–Trinajstić information content (AvgIpc) is 2.24. The van der Waals surface area contributed by atoms with Gasteiger partial charge in [0.1, 0.15) is 0 Å². The van der Waals surface area contributed by atoms with Crippen LogP contribution in [0.4, 0.5) is 0 Å². The summed E-state index contributed by atoms with van der Waals surface area (Å²) in [4.78, 5) is 0. The normalized spacial score (nSPS) is 33.2. The standard InChI is InChI=1S/C15H30O3/c1-10-5-7-12(13(16)9-10)11(2)6-8-14(17)15(3,4)18/h10-14,16-18H,5-9H2,1-4H3. The van der Waals surface area contributed by atoms with Crippen molar-refractivity contribution in [2.45, 2.75) is 77.6 Å². The highest BCUT2D eigenvalue weighted by molar-refractivity contribution is 4.83. The summed E-state index contributed by atoms with van der Waals surface area (Å²) in [6, 6.07) is 0. The second-order valence-corrected chi connectivity index (χ2v) is 6.87. The van der Waals surface area contributed by atoms with Crippen LogP contribution in [-0.4, -0.2) is 33.1 Å². The van der Waals surface area contributed by atoms with Crippen molar-refractivity contribution >= 4 is 0 Å². The number of rotatable bonds is 5. The third-order valence-corrected chi connectivity index (χ3v) is 4.57. The molecular formula is C15H30O3. The molecule has 3 N–H and O–H groups in total. The summed E-state index contributed by atoms with van der Waals surface area (Å²) >= 11 is 0. The number of hydrogen-bond donors (Lipinski definition) is 3. The Hall–Kier alpha value is -0.120. The minimum atomic E-state index is -1.03. The van der Waals surface area contributed by atoms with Gasteiger partial charge in [-0.3, -0.25) is 0 Å². The van der Waals surface area contributed by atoms with Crippen molar-refractivity contribution < 1.29 is 15.3 Å². The highest BCUT2D eigenvalue weighted by Gasteiger charge is 2.32. The molecule has 0 aromatic heterocycles. The summed E-state index contributed by atoms with van der Waals surface area (Å²) in [5.41, 5.74) is -1.03. The lowest BCUT2D eigenvalue weighted by Gasteiger charge is -2.36. The van der Waals surface area contributed by atoms with Crippen molar-refractivity contribution in [1.82, 2.24) is 0 Å². The number of hydrogen-bond acceptors (Lipinski definition) is 3. The van der Waals surface area contributed by atoms with Gasteiger partial charge in [-0.1, -0.05) is 20.3 Å². The van der Waals surface area contributed by atoms with E-state index in [0.717, 1.165) is 19.3 Å². The molecule has 0 saturated heterocycles. The van der Waals surface area contributed by atoms with E-state index in [4.69, 9.17) is 0 Å². The van der Waals surface area contributed by atoms with Gasteiger partial charge in [0.2, 0.25) is 0 Å². The Kier molecular flexibility index (Phi) is 5.63. The molecule has 3 nitrogen and oxygen atoms in total. The fraction of sp³-hybridized carbons (Fsp3) is 1.00. The molecule has 0 radical (unpaired) electrons. The molecule has 1 fully saturated rings. The molecule has 5 unspecified atom stereocenters. The van der Waals surface area contributed by atoms with Crippen LogP contribution in [0.25, 0.3) is 0 Å². The Labute approximate surface area is 111 Å². The fourth-order valence-electron chi connectivity index (χ4n) is 3.03. The third-order valence-electron chi connectivity index (χ3n) is 4.57. The molecule has 3 heteroatoms. The van der Waals surface area contributed by atoms with E-state index < -0.39 is 11.7 Å². The Morgan fingerprint density at radius 3 is 2.33 bits per heavy atom. The topological polar surface area (TPSA) is 60.7 Å². The Morgan fingerprint density at radius 1 is 1.22 bits per heavy atom.